The number of benzene rings is 1. The fourth-order valence-electron chi connectivity index (χ4n) is 4.71. The number of nitrogens with zero attached hydrogens (tertiary/aromatic N) is 5. The van der Waals surface area contributed by atoms with Crippen LogP contribution in [0.1, 0.15) is 23.1 Å². The average molecular weight is 456 g/mol. The quantitative estimate of drug-likeness (QED) is 0.309. The minimum Gasteiger partial charge on any atom is -0.449 e. The van der Waals surface area contributed by atoms with Crippen LogP contribution in [0.4, 0.5) is 11.4 Å². The first-order chi connectivity index (χ1) is 16.8. The lowest BCUT2D eigenvalue weighted by Crippen LogP contribution is -2.42. The van der Waals surface area contributed by atoms with Gasteiger partial charge in [0.05, 0.1) is 17.6 Å². The Labute approximate surface area is 196 Å². The zero-order valence-electron chi connectivity index (χ0n) is 18.7. The smallest absolute Gasteiger partial charge is 0.197 e. The predicted octanol–water partition coefficient (Wildman–Crippen LogP) is 3.56. The second-order valence-electron chi connectivity index (χ2n) is 8.66. The molecule has 1 aliphatic carbocycles. The first-order valence-corrected chi connectivity index (χ1v) is 11.5. The van der Waals surface area contributed by atoms with Crippen molar-refractivity contribution in [2.24, 2.45) is 5.16 Å². The van der Waals surface area contributed by atoms with E-state index in [-0.39, 0.29) is 0 Å². The van der Waals surface area contributed by atoms with Gasteiger partial charge in [0.25, 0.3) is 0 Å². The summed E-state index contributed by atoms with van der Waals surface area (Å²) in [7, 11) is 0. The monoisotopic (exact) mass is 455 g/mol. The first kappa shape index (κ1) is 20.8. The molecule has 4 aromatic rings. The molecule has 0 bridgehead atoms. The largest absolute Gasteiger partial charge is 0.449 e. The van der Waals surface area contributed by atoms with Gasteiger partial charge in [0.2, 0.25) is 0 Å². The minimum atomic E-state index is 0.527. The van der Waals surface area contributed by atoms with Crippen LogP contribution in [0.25, 0.3) is 22.6 Å². The third-order valence-electron chi connectivity index (χ3n) is 6.45. The van der Waals surface area contributed by atoms with Gasteiger partial charge in [-0.25, -0.2) is 9.97 Å². The molecule has 0 atom stereocenters. The van der Waals surface area contributed by atoms with Gasteiger partial charge in [-0.15, -0.1) is 0 Å². The van der Waals surface area contributed by atoms with E-state index in [1.807, 2.05) is 30.6 Å². The molecule has 4 heterocycles. The molecule has 6 rings (SSSR count). The van der Waals surface area contributed by atoms with E-state index in [4.69, 9.17) is 4.42 Å². The molecule has 1 fully saturated rings. The number of pyridine rings is 1. The van der Waals surface area contributed by atoms with Crippen LogP contribution in [-0.2, 0) is 13.0 Å². The van der Waals surface area contributed by atoms with Gasteiger partial charge in [0.1, 0.15) is 0 Å². The van der Waals surface area contributed by atoms with Crippen molar-refractivity contribution in [3.05, 3.63) is 65.7 Å². The highest BCUT2D eigenvalue weighted by atomic mass is 16.4. The molecular weight excluding hydrogens is 430 g/mol. The van der Waals surface area contributed by atoms with Crippen molar-refractivity contribution >= 4 is 28.1 Å². The second kappa shape index (κ2) is 8.85. The molecular formula is C25H25N7O2. The van der Waals surface area contributed by atoms with Crippen LogP contribution < -0.4 is 10.6 Å². The summed E-state index contributed by atoms with van der Waals surface area (Å²) < 4.78 is 6.15. The van der Waals surface area contributed by atoms with Crippen LogP contribution in [0, 0.1) is 0 Å². The fraction of sp³-hybridized carbons (Fsp3) is 0.280. The molecule has 1 aromatic carbocycles. The van der Waals surface area contributed by atoms with Crippen molar-refractivity contribution in [2.75, 3.05) is 31.5 Å². The van der Waals surface area contributed by atoms with Gasteiger partial charge in [0, 0.05) is 73.5 Å². The van der Waals surface area contributed by atoms with E-state index in [1.54, 1.807) is 12.4 Å². The van der Waals surface area contributed by atoms with Crippen LogP contribution in [0.2, 0.25) is 0 Å². The van der Waals surface area contributed by atoms with E-state index in [0.717, 1.165) is 84.7 Å². The lowest BCUT2D eigenvalue weighted by Gasteiger charge is -2.26. The summed E-state index contributed by atoms with van der Waals surface area (Å²) in [5, 5.41) is 20.4. The Morgan fingerprint density at radius 3 is 2.76 bits per heavy atom. The van der Waals surface area contributed by atoms with Gasteiger partial charge in [-0.05, 0) is 36.6 Å². The standard InChI is InChI=1S/C25H25N7O2/c33-31-21-4-1-17-11-18(2-3-19(17)21)30-23-20-5-6-27-14-22(20)34-24(23)25-28-12-16(13-29-25)15-32-9-7-26-8-10-32/h2-3,5-6,11-14,26,30,33H,1,4,7-10,15H2/b31-21+. The molecule has 0 unspecified atom stereocenters. The number of anilines is 2. The lowest BCUT2D eigenvalue weighted by molar-refractivity contribution is 0.233. The maximum atomic E-state index is 9.22. The Hall–Kier alpha value is -3.82. The molecule has 3 N–H and O–H groups in total. The Morgan fingerprint density at radius 2 is 1.94 bits per heavy atom. The summed E-state index contributed by atoms with van der Waals surface area (Å²) in [6.45, 7) is 4.92. The number of nitrogens with one attached hydrogen (secondary N) is 2. The molecule has 1 aliphatic heterocycles. The maximum Gasteiger partial charge on any atom is 0.197 e. The molecule has 0 amide bonds. The van der Waals surface area contributed by atoms with Crippen molar-refractivity contribution < 1.29 is 9.62 Å². The summed E-state index contributed by atoms with van der Waals surface area (Å²) in [5.74, 6) is 1.11. The molecule has 0 radical (unpaired) electrons. The van der Waals surface area contributed by atoms with Gasteiger partial charge in [-0.2, -0.15) is 0 Å². The van der Waals surface area contributed by atoms with Crippen molar-refractivity contribution in [3.63, 3.8) is 0 Å². The number of aryl methyl sites for hydroxylation is 1. The third kappa shape index (κ3) is 3.89. The Morgan fingerprint density at radius 1 is 1.09 bits per heavy atom. The van der Waals surface area contributed by atoms with Crippen LogP contribution in [0.5, 0.6) is 0 Å². The van der Waals surface area contributed by atoms with Crippen LogP contribution >= 0.6 is 0 Å². The zero-order chi connectivity index (χ0) is 22.9. The maximum absolute atomic E-state index is 9.22. The number of oxime groups is 1. The second-order valence-corrected chi connectivity index (χ2v) is 8.66. The molecule has 9 nitrogen and oxygen atoms in total. The van der Waals surface area contributed by atoms with Gasteiger partial charge < -0.3 is 20.3 Å². The van der Waals surface area contributed by atoms with Crippen LogP contribution in [0.3, 0.4) is 0 Å². The Balaban J connectivity index is 1.32. The number of hydrogen-bond acceptors (Lipinski definition) is 9. The number of piperazine rings is 1. The molecule has 34 heavy (non-hydrogen) atoms. The number of furan rings is 1. The lowest BCUT2D eigenvalue weighted by atomic mass is 10.1. The molecule has 0 saturated carbocycles. The topological polar surface area (TPSA) is 112 Å². The van der Waals surface area contributed by atoms with E-state index < -0.39 is 0 Å². The highest BCUT2D eigenvalue weighted by molar-refractivity contribution is 6.05. The number of rotatable bonds is 5. The molecule has 0 spiro atoms. The van der Waals surface area contributed by atoms with Crippen molar-refractivity contribution in [3.8, 4) is 11.6 Å². The summed E-state index contributed by atoms with van der Waals surface area (Å²) in [5.41, 5.74) is 6.37. The van der Waals surface area contributed by atoms with Crippen molar-refractivity contribution in [2.45, 2.75) is 19.4 Å². The highest BCUT2D eigenvalue weighted by Gasteiger charge is 2.22. The van der Waals surface area contributed by atoms with Gasteiger partial charge >= 0.3 is 0 Å². The van der Waals surface area contributed by atoms with E-state index in [1.165, 1.54) is 0 Å². The molecule has 1 saturated heterocycles. The van der Waals surface area contributed by atoms with Crippen LogP contribution in [0.15, 0.2) is 58.6 Å². The van der Waals surface area contributed by atoms with Crippen molar-refractivity contribution in [1.29, 1.82) is 0 Å². The van der Waals surface area contributed by atoms with E-state index in [9.17, 15) is 5.21 Å². The SMILES string of the molecule is O/N=C1\CCc2cc(Nc3c(-c4ncc(CN5CCNCC5)cn4)oc4cnccc34)ccc21. The zero-order valence-corrected chi connectivity index (χ0v) is 18.7. The number of hydrogen-bond donors (Lipinski definition) is 3. The predicted molar refractivity (Wildman–Crippen MR) is 130 cm³/mol. The van der Waals surface area contributed by atoms with Gasteiger partial charge in [0.15, 0.2) is 17.2 Å². The molecule has 172 valence electrons. The minimum absolute atomic E-state index is 0.527. The molecule has 2 aliphatic rings. The fourth-order valence-corrected chi connectivity index (χ4v) is 4.71. The first-order valence-electron chi connectivity index (χ1n) is 11.5. The summed E-state index contributed by atoms with van der Waals surface area (Å²) in [6.07, 6.45) is 8.81. The summed E-state index contributed by atoms with van der Waals surface area (Å²) in [4.78, 5) is 15.9. The van der Waals surface area contributed by atoms with Gasteiger partial charge in [-0.1, -0.05) is 11.2 Å². The average Bonchev–Trinajstić information content (AvgIpc) is 3.46. The summed E-state index contributed by atoms with van der Waals surface area (Å²) in [6, 6.07) is 7.99. The van der Waals surface area contributed by atoms with Gasteiger partial charge in [-0.3, -0.25) is 9.88 Å². The Bertz CT molecular complexity index is 1360. The highest BCUT2D eigenvalue weighted by Crippen LogP contribution is 2.38. The van der Waals surface area contributed by atoms with E-state index in [0.29, 0.717) is 17.2 Å². The van der Waals surface area contributed by atoms with E-state index in [2.05, 4.69) is 41.7 Å². The Kier molecular flexibility index (Phi) is 5.40. The van der Waals surface area contributed by atoms with E-state index >= 15 is 0 Å². The molecule has 3 aromatic heterocycles. The normalized spacial score (nSPS) is 17.4. The van der Waals surface area contributed by atoms with Crippen molar-refractivity contribution in [1.82, 2.24) is 25.2 Å². The number of aromatic nitrogens is 3. The molecule has 9 heteroatoms. The van der Waals surface area contributed by atoms with Crippen LogP contribution in [-0.4, -0.2) is 56.9 Å². The summed E-state index contributed by atoms with van der Waals surface area (Å²) >= 11 is 0. The third-order valence-corrected chi connectivity index (χ3v) is 6.45. The number of fused-ring (bicyclic) bond motifs is 2.